The van der Waals surface area contributed by atoms with Gasteiger partial charge in [0.15, 0.2) is 0 Å². The van der Waals surface area contributed by atoms with Crippen LogP contribution in [0.2, 0.25) is 0 Å². The molecule has 0 aliphatic rings. The quantitative estimate of drug-likeness (QED) is 0.157. The average Bonchev–Trinajstić information content (AvgIpc) is 3.86. The van der Waals surface area contributed by atoms with Crippen LogP contribution in [0.5, 0.6) is 0 Å². The van der Waals surface area contributed by atoms with Crippen LogP contribution in [0.4, 0.5) is 17.1 Å². The number of benzene rings is 10. The molecule has 286 valence electrons. The molecule has 0 spiro atoms. The Morgan fingerprint density at radius 1 is 0.279 bits per heavy atom. The summed E-state index contributed by atoms with van der Waals surface area (Å²) >= 11 is 0. The van der Waals surface area contributed by atoms with Gasteiger partial charge >= 0.3 is 0 Å². The van der Waals surface area contributed by atoms with E-state index in [4.69, 9.17) is 0 Å². The van der Waals surface area contributed by atoms with Crippen molar-refractivity contribution in [2.24, 2.45) is 0 Å². The van der Waals surface area contributed by atoms with Gasteiger partial charge in [-0.25, -0.2) is 0 Å². The van der Waals surface area contributed by atoms with Gasteiger partial charge in [0.1, 0.15) is 0 Å². The second-order valence-electron chi connectivity index (χ2n) is 15.8. The molecule has 0 aliphatic carbocycles. The van der Waals surface area contributed by atoms with Crippen LogP contribution in [0.25, 0.3) is 88.0 Å². The molecule has 0 atom stereocenters. The van der Waals surface area contributed by atoms with Gasteiger partial charge in [-0.3, -0.25) is 0 Å². The number of para-hydroxylation sites is 3. The smallest absolute Gasteiger partial charge is 0.0641 e. The Hall–Kier alpha value is -8.14. The summed E-state index contributed by atoms with van der Waals surface area (Å²) in [6.07, 6.45) is 0. The highest BCUT2D eigenvalue weighted by Gasteiger charge is 2.21. The van der Waals surface area contributed by atoms with Crippen molar-refractivity contribution in [1.29, 1.82) is 0 Å². The first-order valence-corrected chi connectivity index (χ1v) is 20.9. The molecule has 0 radical (unpaired) electrons. The zero-order valence-corrected chi connectivity index (χ0v) is 33.4. The summed E-state index contributed by atoms with van der Waals surface area (Å²) in [4.78, 5) is 2.37. The van der Waals surface area contributed by atoms with Gasteiger partial charge in [0.2, 0.25) is 0 Å². The van der Waals surface area contributed by atoms with Crippen LogP contribution in [0, 0.1) is 0 Å². The molecule has 0 unspecified atom stereocenters. The number of anilines is 3. The van der Waals surface area contributed by atoms with E-state index in [0.717, 1.165) is 28.4 Å². The van der Waals surface area contributed by atoms with Crippen molar-refractivity contribution in [2.45, 2.75) is 0 Å². The molecule has 0 saturated heterocycles. The maximum atomic E-state index is 2.49. The van der Waals surface area contributed by atoms with Crippen molar-refractivity contribution in [3.05, 3.63) is 237 Å². The van der Waals surface area contributed by atoms with E-state index in [1.807, 2.05) is 0 Å². The van der Waals surface area contributed by atoms with Gasteiger partial charge in [0.25, 0.3) is 0 Å². The summed E-state index contributed by atoms with van der Waals surface area (Å²) in [5.74, 6) is 0. The Morgan fingerprint density at radius 2 is 0.787 bits per heavy atom. The van der Waals surface area contributed by atoms with Crippen molar-refractivity contribution in [1.82, 2.24) is 9.13 Å². The minimum Gasteiger partial charge on any atom is -0.310 e. The minimum absolute atomic E-state index is 1.10. The van der Waals surface area contributed by atoms with Crippen LogP contribution >= 0.6 is 0 Å². The number of nitrogens with zero attached hydrogens (tertiary/aromatic N) is 3. The summed E-state index contributed by atoms with van der Waals surface area (Å²) in [5.41, 5.74) is 15.2. The van der Waals surface area contributed by atoms with Crippen LogP contribution in [0.3, 0.4) is 0 Å². The maximum absolute atomic E-state index is 2.49. The summed E-state index contributed by atoms with van der Waals surface area (Å²) in [7, 11) is 0. The maximum Gasteiger partial charge on any atom is 0.0641 e. The van der Waals surface area contributed by atoms with Gasteiger partial charge in [0.05, 0.1) is 22.1 Å². The average molecular weight is 778 g/mol. The first-order chi connectivity index (χ1) is 30.3. The Bertz CT molecular complexity index is 3460. The zero-order chi connectivity index (χ0) is 40.3. The largest absolute Gasteiger partial charge is 0.310 e. The summed E-state index contributed by atoms with van der Waals surface area (Å²) in [5, 5.41) is 7.35. The van der Waals surface area contributed by atoms with E-state index < -0.39 is 0 Å². The molecule has 0 fully saturated rings. The third kappa shape index (κ3) is 5.82. The number of aromatic nitrogens is 2. The van der Waals surface area contributed by atoms with Crippen LogP contribution in [0.15, 0.2) is 237 Å². The van der Waals surface area contributed by atoms with Crippen LogP contribution in [-0.2, 0) is 0 Å². The van der Waals surface area contributed by atoms with Crippen LogP contribution < -0.4 is 4.90 Å². The van der Waals surface area contributed by atoms with Crippen molar-refractivity contribution >= 4 is 71.4 Å². The molecule has 0 amide bonds. The first-order valence-electron chi connectivity index (χ1n) is 20.9. The molecule has 10 aromatic carbocycles. The zero-order valence-electron chi connectivity index (χ0n) is 33.4. The fourth-order valence-electron chi connectivity index (χ4n) is 9.45. The molecule has 2 aromatic heterocycles. The number of fused-ring (bicyclic) bond motifs is 8. The summed E-state index contributed by atoms with van der Waals surface area (Å²) < 4.78 is 4.90. The van der Waals surface area contributed by atoms with Gasteiger partial charge in [-0.2, -0.15) is 0 Å². The molecule has 0 aliphatic heterocycles. The normalized spacial score (nSPS) is 11.6. The molecule has 3 nitrogen and oxygen atoms in total. The van der Waals surface area contributed by atoms with Crippen LogP contribution in [0.1, 0.15) is 0 Å². The molecule has 3 heteroatoms. The van der Waals surface area contributed by atoms with Gasteiger partial charge in [0, 0.05) is 50.0 Å². The summed E-state index contributed by atoms with van der Waals surface area (Å²) in [6, 6.07) is 85.9. The number of hydrogen-bond donors (Lipinski definition) is 0. The lowest BCUT2D eigenvalue weighted by Gasteiger charge is -2.26. The fourth-order valence-corrected chi connectivity index (χ4v) is 9.45. The van der Waals surface area contributed by atoms with E-state index in [2.05, 4.69) is 251 Å². The van der Waals surface area contributed by atoms with Gasteiger partial charge in [-0.1, -0.05) is 158 Å². The van der Waals surface area contributed by atoms with Gasteiger partial charge < -0.3 is 14.0 Å². The summed E-state index contributed by atoms with van der Waals surface area (Å²) in [6.45, 7) is 0. The van der Waals surface area contributed by atoms with E-state index in [1.165, 1.54) is 76.6 Å². The molecule has 61 heavy (non-hydrogen) atoms. The highest BCUT2D eigenvalue weighted by molar-refractivity contribution is 6.26. The molecule has 0 N–H and O–H groups in total. The molecule has 0 bridgehead atoms. The van der Waals surface area contributed by atoms with E-state index in [0.29, 0.717) is 0 Å². The molecule has 2 heterocycles. The predicted octanol–water partition coefficient (Wildman–Crippen LogP) is 15.8. The number of hydrogen-bond acceptors (Lipinski definition) is 1. The second-order valence-corrected chi connectivity index (χ2v) is 15.8. The molecule has 0 saturated carbocycles. The SMILES string of the molecule is c1ccc(-c2ccc(N(c3ccc(-c4ccccc4)cc3)c3ccc4ccc(-n5c6ccccc6c6ccc7c(c8ccccc8n7-c7ccccc7)c65)cc4c3)cc2)cc1. The minimum atomic E-state index is 1.10. The Labute approximate surface area is 354 Å². The first kappa shape index (κ1) is 34.9. The third-order valence-corrected chi connectivity index (χ3v) is 12.3. The monoisotopic (exact) mass is 777 g/mol. The molecule has 12 rings (SSSR count). The predicted molar refractivity (Wildman–Crippen MR) is 258 cm³/mol. The van der Waals surface area contributed by atoms with E-state index in [1.54, 1.807) is 0 Å². The Balaban J connectivity index is 1.05. The van der Waals surface area contributed by atoms with Crippen molar-refractivity contribution in [3.8, 4) is 33.6 Å². The van der Waals surface area contributed by atoms with Crippen molar-refractivity contribution in [2.75, 3.05) is 4.90 Å². The van der Waals surface area contributed by atoms with Gasteiger partial charge in [-0.05, 0) is 112 Å². The van der Waals surface area contributed by atoms with E-state index in [-0.39, 0.29) is 0 Å². The van der Waals surface area contributed by atoms with E-state index in [9.17, 15) is 0 Å². The lowest BCUT2D eigenvalue weighted by Crippen LogP contribution is -2.10. The van der Waals surface area contributed by atoms with Crippen LogP contribution in [-0.4, -0.2) is 9.13 Å². The Morgan fingerprint density at radius 3 is 1.43 bits per heavy atom. The fraction of sp³-hybridized carbons (Fsp3) is 0. The van der Waals surface area contributed by atoms with E-state index >= 15 is 0 Å². The number of rotatable bonds is 7. The standard InChI is InChI=1S/C58H39N3/c1-4-14-40(15-5-1)42-24-30-47(31-25-42)59(48-32-26-43(27-33-48)41-16-6-2-7-17-41)49-34-28-44-29-35-50(39-45(44)38-49)61-54-22-12-10-20-51(54)52-36-37-56-57(58(52)61)53-21-11-13-23-55(53)60(56)46-18-8-3-9-19-46/h1-39H. The lowest BCUT2D eigenvalue weighted by molar-refractivity contribution is 1.18. The van der Waals surface area contributed by atoms with Gasteiger partial charge in [-0.15, -0.1) is 0 Å². The molecular formula is C58H39N3. The lowest BCUT2D eigenvalue weighted by atomic mass is 10.0. The molecule has 12 aromatic rings. The topological polar surface area (TPSA) is 13.1 Å². The second kappa shape index (κ2) is 14.3. The highest BCUT2D eigenvalue weighted by atomic mass is 15.1. The molecular weight excluding hydrogens is 739 g/mol. The third-order valence-electron chi connectivity index (χ3n) is 12.3. The van der Waals surface area contributed by atoms with Crippen molar-refractivity contribution < 1.29 is 0 Å². The Kier molecular flexibility index (Phi) is 8.17. The highest BCUT2D eigenvalue weighted by Crippen LogP contribution is 2.43. The van der Waals surface area contributed by atoms with Crippen molar-refractivity contribution in [3.63, 3.8) is 0 Å².